The van der Waals surface area contributed by atoms with Crippen LogP contribution in [-0.4, -0.2) is 25.4 Å². The summed E-state index contributed by atoms with van der Waals surface area (Å²) in [6, 6.07) is 1.72. The predicted octanol–water partition coefficient (Wildman–Crippen LogP) is 2.83. The van der Waals surface area contributed by atoms with Crippen molar-refractivity contribution in [3.8, 4) is 5.75 Å². The van der Waals surface area contributed by atoms with Gasteiger partial charge in [-0.25, -0.2) is 17.2 Å². The molecule has 0 aromatic heterocycles. The van der Waals surface area contributed by atoms with E-state index in [-0.39, 0.29) is 18.3 Å². The minimum Gasteiger partial charge on any atom is -0.493 e. The standard InChI is InChI=1S/C13H12F4O4S/c14-12(15)9-7(21-5-6-1-2-6)3-4-8-10(9)11(18)13(16,17)22(8,19)20/h3-4,6,11-12,18H,1-2,5H2. The predicted molar refractivity (Wildman–Crippen MR) is 66.7 cm³/mol. The molecular weight excluding hydrogens is 328 g/mol. The molecule has 0 saturated heterocycles. The van der Waals surface area contributed by atoms with Crippen molar-refractivity contribution in [3.63, 3.8) is 0 Å². The third kappa shape index (κ3) is 2.10. The summed E-state index contributed by atoms with van der Waals surface area (Å²) < 4.78 is 82.5. The van der Waals surface area contributed by atoms with Crippen LogP contribution in [0, 0.1) is 5.92 Å². The maximum Gasteiger partial charge on any atom is 0.379 e. The molecule has 9 heteroatoms. The van der Waals surface area contributed by atoms with Crippen LogP contribution in [0.25, 0.3) is 0 Å². The van der Waals surface area contributed by atoms with Crippen LogP contribution in [0.3, 0.4) is 0 Å². The molecule has 2 aliphatic rings. The number of halogens is 4. The van der Waals surface area contributed by atoms with Crippen LogP contribution in [-0.2, 0) is 9.84 Å². The van der Waals surface area contributed by atoms with Gasteiger partial charge in [-0.3, -0.25) is 0 Å². The van der Waals surface area contributed by atoms with E-state index in [1.807, 2.05) is 0 Å². The summed E-state index contributed by atoms with van der Waals surface area (Å²) in [6.45, 7) is 0.151. The zero-order valence-corrected chi connectivity index (χ0v) is 11.9. The molecule has 22 heavy (non-hydrogen) atoms. The Bertz CT molecular complexity index is 713. The fourth-order valence-corrected chi connectivity index (χ4v) is 3.88. The lowest BCUT2D eigenvalue weighted by Crippen LogP contribution is -2.28. The molecule has 1 unspecified atom stereocenters. The quantitative estimate of drug-likeness (QED) is 0.856. The highest BCUT2D eigenvalue weighted by Gasteiger charge is 2.61. The number of fused-ring (bicyclic) bond motifs is 1. The second-order valence-electron chi connectivity index (χ2n) is 5.41. The van der Waals surface area contributed by atoms with Gasteiger partial charge in [-0.2, -0.15) is 8.78 Å². The minimum absolute atomic E-state index is 0.151. The number of ether oxygens (including phenoxy) is 1. The van der Waals surface area contributed by atoms with Gasteiger partial charge >= 0.3 is 5.25 Å². The van der Waals surface area contributed by atoms with Gasteiger partial charge in [-0.05, 0) is 30.9 Å². The van der Waals surface area contributed by atoms with Gasteiger partial charge in [0.15, 0.2) is 6.10 Å². The molecule has 1 N–H and O–H groups in total. The van der Waals surface area contributed by atoms with Gasteiger partial charge in [0.2, 0.25) is 9.84 Å². The number of alkyl halides is 4. The zero-order chi connectivity index (χ0) is 16.3. The van der Waals surface area contributed by atoms with Crippen molar-refractivity contribution in [2.45, 2.75) is 35.5 Å². The summed E-state index contributed by atoms with van der Waals surface area (Å²) in [4.78, 5) is -0.973. The van der Waals surface area contributed by atoms with Crippen molar-refractivity contribution in [2.75, 3.05) is 6.61 Å². The van der Waals surface area contributed by atoms with Crippen LogP contribution in [0.2, 0.25) is 0 Å². The van der Waals surface area contributed by atoms with Crippen LogP contribution in [0.1, 0.15) is 36.5 Å². The monoisotopic (exact) mass is 340 g/mol. The molecule has 1 aliphatic heterocycles. The Morgan fingerprint density at radius 2 is 1.95 bits per heavy atom. The average Bonchev–Trinajstić information content (AvgIpc) is 3.24. The van der Waals surface area contributed by atoms with E-state index in [0.717, 1.165) is 25.0 Å². The molecule has 1 aromatic rings. The molecule has 1 fully saturated rings. The maximum absolute atomic E-state index is 13.7. The minimum atomic E-state index is -5.20. The highest BCUT2D eigenvalue weighted by atomic mass is 32.2. The highest BCUT2D eigenvalue weighted by Crippen LogP contribution is 2.53. The summed E-state index contributed by atoms with van der Waals surface area (Å²) in [7, 11) is -5.20. The Morgan fingerprint density at radius 3 is 2.50 bits per heavy atom. The van der Waals surface area contributed by atoms with Gasteiger partial charge in [-0.15, -0.1) is 0 Å². The topological polar surface area (TPSA) is 63.6 Å². The molecule has 3 rings (SSSR count). The molecule has 1 atom stereocenters. The van der Waals surface area contributed by atoms with Crippen molar-refractivity contribution in [1.82, 2.24) is 0 Å². The number of aliphatic hydroxyl groups is 1. The molecule has 122 valence electrons. The van der Waals surface area contributed by atoms with E-state index >= 15 is 0 Å². The lowest BCUT2D eigenvalue weighted by atomic mass is 10.0. The first-order valence-corrected chi connectivity index (χ1v) is 8.04. The Balaban J connectivity index is 2.14. The second kappa shape index (κ2) is 4.82. The largest absolute Gasteiger partial charge is 0.493 e. The van der Waals surface area contributed by atoms with Crippen LogP contribution in [0.5, 0.6) is 5.75 Å². The summed E-state index contributed by atoms with van der Waals surface area (Å²) in [5.74, 6) is -0.138. The molecule has 0 bridgehead atoms. The molecule has 1 aromatic carbocycles. The van der Waals surface area contributed by atoms with Crippen molar-refractivity contribution in [2.24, 2.45) is 5.92 Å². The molecule has 1 heterocycles. The SMILES string of the molecule is O=S1(=O)c2ccc(OCC3CC3)c(C(F)F)c2C(O)C1(F)F. The zero-order valence-electron chi connectivity index (χ0n) is 11.1. The first kappa shape index (κ1) is 15.5. The molecule has 0 amide bonds. The third-order valence-electron chi connectivity index (χ3n) is 3.84. The van der Waals surface area contributed by atoms with Gasteiger partial charge in [0.1, 0.15) is 5.75 Å². The van der Waals surface area contributed by atoms with E-state index in [0.29, 0.717) is 0 Å². The van der Waals surface area contributed by atoms with Crippen molar-refractivity contribution < 1.29 is 35.8 Å². The van der Waals surface area contributed by atoms with Gasteiger partial charge < -0.3 is 9.84 Å². The van der Waals surface area contributed by atoms with Crippen LogP contribution < -0.4 is 4.74 Å². The number of benzene rings is 1. The van der Waals surface area contributed by atoms with Gasteiger partial charge in [-0.1, -0.05) is 0 Å². The number of rotatable bonds is 4. The van der Waals surface area contributed by atoms with Crippen LogP contribution in [0.15, 0.2) is 17.0 Å². The summed E-state index contributed by atoms with van der Waals surface area (Å²) >= 11 is 0. The maximum atomic E-state index is 13.7. The molecule has 4 nitrogen and oxygen atoms in total. The molecule has 1 saturated carbocycles. The summed E-state index contributed by atoms with van der Waals surface area (Å²) in [5.41, 5.74) is -1.94. The lowest BCUT2D eigenvalue weighted by molar-refractivity contribution is -0.0392. The average molecular weight is 340 g/mol. The van der Waals surface area contributed by atoms with E-state index < -0.39 is 43.6 Å². The molecule has 0 spiro atoms. The first-order chi connectivity index (χ1) is 10.2. The Hall–Kier alpha value is -1.35. The van der Waals surface area contributed by atoms with E-state index in [9.17, 15) is 31.1 Å². The number of aliphatic hydroxyl groups excluding tert-OH is 1. The first-order valence-electron chi connectivity index (χ1n) is 6.56. The van der Waals surface area contributed by atoms with Crippen LogP contribution >= 0.6 is 0 Å². The molecule has 1 aliphatic carbocycles. The fraction of sp³-hybridized carbons (Fsp3) is 0.538. The molecular formula is C13H12F4O4S. The number of sulfone groups is 1. The number of hydrogen-bond donors (Lipinski definition) is 1. The summed E-state index contributed by atoms with van der Waals surface area (Å²) in [5, 5.41) is 5.04. The normalized spacial score (nSPS) is 25.3. The fourth-order valence-electron chi connectivity index (χ4n) is 2.42. The smallest absolute Gasteiger partial charge is 0.379 e. The third-order valence-corrected chi connectivity index (χ3v) is 5.71. The summed E-state index contributed by atoms with van der Waals surface area (Å²) in [6.07, 6.45) is -4.29. The van der Waals surface area contributed by atoms with E-state index in [2.05, 4.69) is 0 Å². The number of hydrogen-bond acceptors (Lipinski definition) is 4. The van der Waals surface area contributed by atoms with Crippen molar-refractivity contribution in [3.05, 3.63) is 23.3 Å². The van der Waals surface area contributed by atoms with Crippen LogP contribution in [0.4, 0.5) is 17.6 Å². The Kier molecular flexibility index (Phi) is 3.41. The molecule has 0 radical (unpaired) electrons. The van der Waals surface area contributed by atoms with E-state index in [1.54, 1.807) is 0 Å². The van der Waals surface area contributed by atoms with E-state index in [4.69, 9.17) is 4.74 Å². The van der Waals surface area contributed by atoms with Crippen molar-refractivity contribution >= 4 is 9.84 Å². The van der Waals surface area contributed by atoms with E-state index in [1.165, 1.54) is 0 Å². The van der Waals surface area contributed by atoms with Crippen molar-refractivity contribution in [1.29, 1.82) is 0 Å². The second-order valence-corrected chi connectivity index (χ2v) is 7.40. The Morgan fingerprint density at radius 1 is 1.32 bits per heavy atom. The Labute approximate surface area is 123 Å². The van der Waals surface area contributed by atoms with Gasteiger partial charge in [0.25, 0.3) is 6.43 Å². The van der Waals surface area contributed by atoms with Gasteiger partial charge in [0, 0.05) is 5.56 Å². The van der Waals surface area contributed by atoms with Gasteiger partial charge in [0.05, 0.1) is 17.1 Å². The highest BCUT2D eigenvalue weighted by molar-refractivity contribution is 7.92. The lowest BCUT2D eigenvalue weighted by Gasteiger charge is -2.16.